The van der Waals surface area contributed by atoms with Crippen LogP contribution in [0.4, 0.5) is 11.5 Å². The lowest BCUT2D eigenvalue weighted by atomic mass is 9.82. The number of pyridine rings is 1. The molecule has 7 nitrogen and oxygen atoms in total. The molecule has 2 N–H and O–H groups in total. The van der Waals surface area contributed by atoms with Gasteiger partial charge >= 0.3 is 5.97 Å². The molecule has 0 bridgehead atoms. The van der Waals surface area contributed by atoms with Crippen LogP contribution >= 0.6 is 11.6 Å². The van der Waals surface area contributed by atoms with Crippen molar-refractivity contribution in [1.29, 1.82) is 0 Å². The summed E-state index contributed by atoms with van der Waals surface area (Å²) in [6, 6.07) is 12.9. The maximum Gasteiger partial charge on any atom is 0.307 e. The summed E-state index contributed by atoms with van der Waals surface area (Å²) >= 11 is 6.57. The van der Waals surface area contributed by atoms with Gasteiger partial charge in [-0.2, -0.15) is 0 Å². The second-order valence-electron chi connectivity index (χ2n) is 13.7. The third kappa shape index (κ3) is 7.39. The molecule has 0 aliphatic carbocycles. The number of carbonyl (C=O) groups is 1. The van der Waals surface area contributed by atoms with Crippen LogP contribution in [0.15, 0.2) is 36.4 Å². The third-order valence-corrected chi connectivity index (χ3v) is 9.76. The average Bonchev–Trinajstić information content (AvgIpc) is 2.96. The Morgan fingerprint density at radius 2 is 1.82 bits per heavy atom. The molecule has 0 unspecified atom stereocenters. The lowest BCUT2D eigenvalue weighted by molar-refractivity contribution is -0.136. The molecule has 0 amide bonds. The number of fused-ring (bicyclic) bond motifs is 1. The average molecular weight is 618 g/mol. The van der Waals surface area contributed by atoms with Crippen LogP contribution < -0.4 is 10.2 Å². The highest BCUT2D eigenvalue weighted by Gasteiger charge is 2.31. The number of nitrogens with zero attached hydrogens (tertiary/aromatic N) is 4. The van der Waals surface area contributed by atoms with Crippen LogP contribution in [0, 0.1) is 19.3 Å². The topological polar surface area (TPSA) is 71.9 Å². The van der Waals surface area contributed by atoms with Crippen molar-refractivity contribution in [2.24, 2.45) is 5.41 Å². The monoisotopic (exact) mass is 617 g/mol. The smallest absolute Gasteiger partial charge is 0.307 e. The van der Waals surface area contributed by atoms with Gasteiger partial charge in [0.05, 0.1) is 12.1 Å². The van der Waals surface area contributed by atoms with Crippen molar-refractivity contribution in [2.45, 2.75) is 66.5 Å². The zero-order valence-electron chi connectivity index (χ0n) is 27.3. The van der Waals surface area contributed by atoms with E-state index < -0.39 is 5.97 Å². The number of piperidine rings is 1. The molecule has 8 heteroatoms. The summed E-state index contributed by atoms with van der Waals surface area (Å²) in [6.07, 6.45) is 3.04. The summed E-state index contributed by atoms with van der Waals surface area (Å²) in [6.45, 7) is 14.8. The SMILES string of the molecule is Cc1cccc(Cl)c1CN1CCc2cc(-c3c(NCCN(C)C)nc(C)c(CC(=O)O)c3N3CCC(C)(C)CC3)ccc2C1. The standard InChI is InChI=1S/C36H48ClN5O2/c1-24-8-7-9-31(37)30(24)23-41-16-12-26-20-27(10-11-28(26)22-41)33-34(42-17-13-36(3,4)14-18-42)29(21-32(43)44)25(2)39-35(33)38-15-19-40(5)6/h7-11,20H,12-19,21-23H2,1-6H3,(H,38,39)(H,43,44). The van der Waals surface area contributed by atoms with E-state index in [-0.39, 0.29) is 11.8 Å². The van der Waals surface area contributed by atoms with E-state index in [1.807, 2.05) is 19.1 Å². The first-order valence-corrected chi connectivity index (χ1v) is 16.3. The number of hydrogen-bond acceptors (Lipinski definition) is 6. The molecule has 0 spiro atoms. The van der Waals surface area contributed by atoms with Gasteiger partial charge in [0, 0.05) is 67.7 Å². The van der Waals surface area contributed by atoms with Crippen LogP contribution in [0.3, 0.4) is 0 Å². The lowest BCUT2D eigenvalue weighted by Gasteiger charge is -2.40. The Kier molecular flexibility index (Phi) is 9.88. The highest BCUT2D eigenvalue weighted by Crippen LogP contribution is 2.44. The van der Waals surface area contributed by atoms with Crippen molar-refractivity contribution in [3.8, 4) is 11.1 Å². The van der Waals surface area contributed by atoms with E-state index in [1.54, 1.807) is 0 Å². The Labute approximate surface area is 268 Å². The zero-order valence-corrected chi connectivity index (χ0v) is 28.0. The van der Waals surface area contributed by atoms with E-state index in [2.05, 4.69) is 79.1 Å². The van der Waals surface area contributed by atoms with Crippen LogP contribution in [-0.4, -0.2) is 72.7 Å². The molecule has 3 heterocycles. The quantitative estimate of drug-likeness (QED) is 0.259. The van der Waals surface area contributed by atoms with Crippen LogP contribution in [0.25, 0.3) is 11.1 Å². The largest absolute Gasteiger partial charge is 0.481 e. The predicted molar refractivity (Wildman–Crippen MR) is 182 cm³/mol. The molecule has 236 valence electrons. The number of nitrogens with one attached hydrogen (secondary N) is 1. The molecule has 0 saturated carbocycles. The number of benzene rings is 2. The number of anilines is 2. The molecular weight excluding hydrogens is 570 g/mol. The Morgan fingerprint density at radius 3 is 2.50 bits per heavy atom. The Bertz CT molecular complexity index is 1490. The Hall–Kier alpha value is -3.13. The van der Waals surface area contributed by atoms with Gasteiger partial charge in [-0.15, -0.1) is 0 Å². The predicted octanol–water partition coefficient (Wildman–Crippen LogP) is 6.80. The van der Waals surface area contributed by atoms with Crippen molar-refractivity contribution in [2.75, 3.05) is 57.0 Å². The summed E-state index contributed by atoms with van der Waals surface area (Å²) in [5, 5.41) is 14.4. The minimum atomic E-state index is -0.827. The van der Waals surface area contributed by atoms with Crippen molar-refractivity contribution < 1.29 is 9.90 Å². The van der Waals surface area contributed by atoms with Gasteiger partial charge in [0.1, 0.15) is 5.82 Å². The summed E-state index contributed by atoms with van der Waals surface area (Å²) in [7, 11) is 4.13. The van der Waals surface area contributed by atoms with Gasteiger partial charge in [-0.1, -0.05) is 55.8 Å². The van der Waals surface area contributed by atoms with Crippen molar-refractivity contribution in [1.82, 2.24) is 14.8 Å². The molecule has 2 aliphatic rings. The zero-order chi connectivity index (χ0) is 31.6. The van der Waals surface area contributed by atoms with Crippen molar-refractivity contribution in [3.63, 3.8) is 0 Å². The summed E-state index contributed by atoms with van der Waals surface area (Å²) < 4.78 is 0. The minimum Gasteiger partial charge on any atom is -0.481 e. The van der Waals surface area contributed by atoms with Gasteiger partial charge < -0.3 is 20.2 Å². The fourth-order valence-electron chi connectivity index (χ4n) is 6.56. The number of aromatic nitrogens is 1. The number of aliphatic carboxylic acids is 1. The number of likely N-dealkylation sites (N-methyl/N-ethyl adjacent to an activating group) is 1. The second kappa shape index (κ2) is 13.5. The van der Waals surface area contributed by atoms with Gasteiger partial charge in [-0.25, -0.2) is 4.98 Å². The van der Waals surface area contributed by atoms with Crippen LogP contribution in [0.2, 0.25) is 5.02 Å². The molecule has 1 saturated heterocycles. The van der Waals surface area contributed by atoms with Gasteiger partial charge in [-0.3, -0.25) is 9.69 Å². The van der Waals surface area contributed by atoms with Crippen LogP contribution in [0.1, 0.15) is 60.2 Å². The number of rotatable bonds is 10. The third-order valence-electron chi connectivity index (χ3n) is 9.41. The molecule has 2 aliphatic heterocycles. The van der Waals surface area contributed by atoms with Gasteiger partial charge in [0.15, 0.2) is 0 Å². The maximum atomic E-state index is 12.2. The molecule has 5 rings (SSSR count). The van der Waals surface area contributed by atoms with Crippen LogP contribution in [0.5, 0.6) is 0 Å². The Morgan fingerprint density at radius 1 is 1.07 bits per heavy atom. The first-order valence-electron chi connectivity index (χ1n) is 15.9. The van der Waals surface area contributed by atoms with E-state index in [9.17, 15) is 9.90 Å². The normalized spacial score (nSPS) is 16.7. The summed E-state index contributed by atoms with van der Waals surface area (Å²) in [5.74, 6) is 0.0111. The Balaban J connectivity index is 1.55. The highest BCUT2D eigenvalue weighted by atomic mass is 35.5. The molecule has 1 fully saturated rings. The molecule has 0 radical (unpaired) electrons. The van der Waals surface area contributed by atoms with E-state index >= 15 is 0 Å². The van der Waals surface area contributed by atoms with E-state index in [4.69, 9.17) is 16.6 Å². The van der Waals surface area contributed by atoms with E-state index in [1.165, 1.54) is 22.3 Å². The van der Waals surface area contributed by atoms with E-state index in [0.717, 1.165) is 104 Å². The number of aryl methyl sites for hydroxylation is 2. The number of hydrogen-bond donors (Lipinski definition) is 2. The molecule has 44 heavy (non-hydrogen) atoms. The fourth-order valence-corrected chi connectivity index (χ4v) is 6.85. The summed E-state index contributed by atoms with van der Waals surface area (Å²) in [4.78, 5) is 24.2. The fraction of sp³-hybridized carbons (Fsp3) is 0.500. The van der Waals surface area contributed by atoms with Crippen molar-refractivity contribution in [3.05, 3.63) is 74.9 Å². The lowest BCUT2D eigenvalue weighted by Crippen LogP contribution is -2.38. The molecule has 2 aromatic carbocycles. The van der Waals surface area contributed by atoms with Crippen LogP contribution in [-0.2, 0) is 30.7 Å². The molecule has 3 aromatic rings. The van der Waals surface area contributed by atoms with Crippen molar-refractivity contribution >= 4 is 29.1 Å². The minimum absolute atomic E-state index is 0.0413. The van der Waals surface area contributed by atoms with E-state index in [0.29, 0.717) is 0 Å². The first kappa shape index (κ1) is 32.3. The second-order valence-corrected chi connectivity index (χ2v) is 14.1. The summed E-state index contributed by atoms with van der Waals surface area (Å²) in [5.41, 5.74) is 10.2. The number of carboxylic acids is 1. The first-order chi connectivity index (χ1) is 20.9. The number of halogens is 1. The highest BCUT2D eigenvalue weighted by molar-refractivity contribution is 6.31. The molecule has 1 aromatic heterocycles. The molecule has 0 atom stereocenters. The number of carboxylic acid groups (broad SMARTS) is 1. The molecular formula is C36H48ClN5O2. The van der Waals surface area contributed by atoms with Gasteiger partial charge in [-0.05, 0) is 86.5 Å². The maximum absolute atomic E-state index is 12.2. The van der Waals surface area contributed by atoms with Gasteiger partial charge in [0.25, 0.3) is 0 Å². The van der Waals surface area contributed by atoms with Gasteiger partial charge in [0.2, 0.25) is 0 Å².